The van der Waals surface area contributed by atoms with Crippen LogP contribution in [0.4, 0.5) is 0 Å². The first-order valence-corrected chi connectivity index (χ1v) is 6.54. The molecule has 0 radical (unpaired) electrons. The number of hydrogen-bond donors (Lipinski definition) is 0. The first-order chi connectivity index (χ1) is 9.34. The molecule has 1 heteroatoms. The van der Waals surface area contributed by atoms with Gasteiger partial charge in [-0.3, -0.25) is 0 Å². The summed E-state index contributed by atoms with van der Waals surface area (Å²) in [5.41, 5.74) is 5.10. The van der Waals surface area contributed by atoms with Crippen LogP contribution in [0.5, 0.6) is 0 Å². The van der Waals surface area contributed by atoms with E-state index in [0.717, 1.165) is 12.1 Å². The molecular weight excluding hydrogens is 230 g/mol. The molecule has 0 amide bonds. The summed E-state index contributed by atoms with van der Waals surface area (Å²) in [5, 5.41) is 2.57. The van der Waals surface area contributed by atoms with E-state index < -0.39 is 0 Å². The molecule has 1 aliphatic heterocycles. The lowest BCUT2D eigenvalue weighted by Crippen LogP contribution is -2.38. The highest BCUT2D eigenvalue weighted by Gasteiger charge is 2.27. The Bertz CT molecular complexity index is 815. The van der Waals surface area contributed by atoms with E-state index in [1.165, 1.54) is 27.6 Å². The molecule has 90 valence electrons. The molecule has 3 aromatic rings. The van der Waals surface area contributed by atoms with Gasteiger partial charge in [0, 0.05) is 6.07 Å². The maximum Gasteiger partial charge on any atom is 0.226 e. The lowest BCUT2D eigenvalue weighted by Gasteiger charge is -2.16. The zero-order chi connectivity index (χ0) is 12.8. The summed E-state index contributed by atoms with van der Waals surface area (Å²) in [7, 11) is 0. The van der Waals surface area contributed by atoms with Gasteiger partial charge in [-0.1, -0.05) is 36.4 Å². The molecule has 4 rings (SSSR count). The van der Waals surface area contributed by atoms with Gasteiger partial charge < -0.3 is 0 Å². The molecule has 0 N–H and O–H groups in total. The van der Waals surface area contributed by atoms with Crippen molar-refractivity contribution in [2.75, 3.05) is 0 Å². The van der Waals surface area contributed by atoms with Gasteiger partial charge in [0.2, 0.25) is 5.69 Å². The summed E-state index contributed by atoms with van der Waals surface area (Å²) in [6.45, 7) is 4.22. The van der Waals surface area contributed by atoms with Gasteiger partial charge in [-0.2, -0.15) is 4.57 Å². The van der Waals surface area contributed by atoms with Gasteiger partial charge in [-0.05, 0) is 29.7 Å². The molecule has 2 aromatic carbocycles. The largest absolute Gasteiger partial charge is 0.226 e. The number of nitrogens with zero attached hydrogens (tertiary/aromatic N) is 1. The maximum atomic E-state index is 4.22. The monoisotopic (exact) mass is 244 g/mol. The van der Waals surface area contributed by atoms with Crippen LogP contribution >= 0.6 is 0 Å². The summed E-state index contributed by atoms with van der Waals surface area (Å²) >= 11 is 0. The Kier molecular flexibility index (Phi) is 2.10. The number of aromatic nitrogens is 1. The molecule has 1 nitrogen and oxygen atoms in total. The topological polar surface area (TPSA) is 3.88 Å². The van der Waals surface area contributed by atoms with Crippen molar-refractivity contribution in [1.82, 2.24) is 0 Å². The second-order valence-corrected chi connectivity index (χ2v) is 5.02. The van der Waals surface area contributed by atoms with Gasteiger partial charge in [0.05, 0.1) is 17.4 Å². The van der Waals surface area contributed by atoms with Crippen LogP contribution in [0, 0.1) is 0 Å². The van der Waals surface area contributed by atoms with E-state index >= 15 is 0 Å². The maximum absolute atomic E-state index is 4.22. The average Bonchev–Trinajstić information content (AvgIpc) is 2.47. The summed E-state index contributed by atoms with van der Waals surface area (Å²) in [5.74, 6) is 0. The summed E-state index contributed by atoms with van der Waals surface area (Å²) in [6, 6.07) is 19.3. The molecule has 19 heavy (non-hydrogen) atoms. The first kappa shape index (κ1) is 10.5. The van der Waals surface area contributed by atoms with Crippen LogP contribution in [0.15, 0.2) is 67.4 Å². The van der Waals surface area contributed by atoms with Crippen molar-refractivity contribution in [3.05, 3.63) is 72.9 Å². The predicted molar refractivity (Wildman–Crippen MR) is 78.6 cm³/mol. The normalized spacial score (nSPS) is 13.2. The fraction of sp³-hybridized carbons (Fsp3) is 0.0556. The molecule has 0 spiro atoms. The fourth-order valence-corrected chi connectivity index (χ4v) is 2.97. The van der Waals surface area contributed by atoms with Crippen molar-refractivity contribution in [1.29, 1.82) is 0 Å². The van der Waals surface area contributed by atoms with E-state index in [1.807, 2.05) is 0 Å². The molecule has 0 fully saturated rings. The van der Waals surface area contributed by atoms with E-state index in [0.29, 0.717) is 0 Å². The molecule has 0 bridgehead atoms. The Balaban J connectivity index is 2.19. The van der Waals surface area contributed by atoms with Gasteiger partial charge >= 0.3 is 0 Å². The molecule has 0 aliphatic carbocycles. The smallest absolute Gasteiger partial charge is 0.164 e. The van der Waals surface area contributed by atoms with Crippen LogP contribution in [-0.2, 0) is 6.42 Å². The van der Waals surface area contributed by atoms with Gasteiger partial charge in [-0.15, -0.1) is 0 Å². The van der Waals surface area contributed by atoms with E-state index in [9.17, 15) is 0 Å². The molecule has 0 saturated heterocycles. The minimum atomic E-state index is 0.923. The summed E-state index contributed by atoms with van der Waals surface area (Å²) in [6.07, 6.45) is 3.06. The molecule has 1 aliphatic rings. The lowest BCUT2D eigenvalue weighted by molar-refractivity contribution is -0.570. The second-order valence-electron chi connectivity index (χ2n) is 5.02. The first-order valence-electron chi connectivity index (χ1n) is 6.54. The van der Waals surface area contributed by atoms with Crippen molar-refractivity contribution in [2.45, 2.75) is 6.42 Å². The molecule has 0 saturated carbocycles. The highest BCUT2D eigenvalue weighted by atomic mass is 15.0. The Labute approximate surface area is 112 Å². The second kappa shape index (κ2) is 3.79. The minimum Gasteiger partial charge on any atom is -0.164 e. The van der Waals surface area contributed by atoms with E-state index in [-0.39, 0.29) is 0 Å². The van der Waals surface area contributed by atoms with Crippen LogP contribution < -0.4 is 4.57 Å². The van der Waals surface area contributed by atoms with Gasteiger partial charge in [0.15, 0.2) is 11.9 Å². The Morgan fingerprint density at radius 2 is 1.68 bits per heavy atom. The Morgan fingerprint density at radius 3 is 2.63 bits per heavy atom. The van der Waals surface area contributed by atoms with Crippen molar-refractivity contribution < 1.29 is 4.57 Å². The van der Waals surface area contributed by atoms with E-state index in [1.54, 1.807) is 0 Å². The third-order valence-electron chi connectivity index (χ3n) is 3.87. The van der Waals surface area contributed by atoms with Gasteiger partial charge in [0.1, 0.15) is 0 Å². The van der Waals surface area contributed by atoms with Crippen LogP contribution in [0.2, 0.25) is 0 Å². The third-order valence-corrected chi connectivity index (χ3v) is 3.87. The highest BCUT2D eigenvalue weighted by molar-refractivity contribution is 5.94. The quantitative estimate of drug-likeness (QED) is 0.529. The predicted octanol–water partition coefficient (Wildman–Crippen LogP) is 3.82. The Hall–Kier alpha value is -2.41. The molecular formula is C18H14N+. The van der Waals surface area contributed by atoms with Crippen LogP contribution in [0.1, 0.15) is 5.56 Å². The number of rotatable bonds is 0. The number of hydrogen-bond acceptors (Lipinski definition) is 0. The van der Waals surface area contributed by atoms with Gasteiger partial charge in [-0.25, -0.2) is 0 Å². The molecule has 1 aromatic heterocycles. The van der Waals surface area contributed by atoms with Crippen molar-refractivity contribution in [3.8, 4) is 11.3 Å². The summed E-state index contributed by atoms with van der Waals surface area (Å²) in [4.78, 5) is 0. The third kappa shape index (κ3) is 1.45. The molecule has 0 atom stereocenters. The highest BCUT2D eigenvalue weighted by Crippen LogP contribution is 2.32. The number of benzene rings is 2. The zero-order valence-electron chi connectivity index (χ0n) is 10.6. The lowest BCUT2D eigenvalue weighted by atomic mass is 9.93. The van der Waals surface area contributed by atoms with Crippen molar-refractivity contribution in [2.24, 2.45) is 0 Å². The number of fused-ring (bicyclic) bond motifs is 5. The summed E-state index contributed by atoms with van der Waals surface area (Å²) < 4.78 is 2.23. The standard InChI is InChI=1S/C18H14N/c1-13-12-15-7-3-5-9-17(15)18-16-8-4-2-6-14(16)10-11-19(13)18/h2-11H,1,12H2/q+1. The van der Waals surface area contributed by atoms with Crippen LogP contribution in [-0.4, -0.2) is 0 Å². The van der Waals surface area contributed by atoms with E-state index in [2.05, 4.69) is 71.9 Å². The molecule has 0 unspecified atom stereocenters. The number of pyridine rings is 1. The average molecular weight is 244 g/mol. The SMILES string of the molecule is C=C1Cc2ccccc2-c2c3ccccc3cc[n+]21. The number of allylic oxidation sites excluding steroid dienone is 1. The van der Waals surface area contributed by atoms with E-state index in [4.69, 9.17) is 0 Å². The molecule has 2 heterocycles. The Morgan fingerprint density at radius 1 is 0.895 bits per heavy atom. The fourth-order valence-electron chi connectivity index (χ4n) is 2.97. The minimum absolute atomic E-state index is 0.923. The van der Waals surface area contributed by atoms with Crippen molar-refractivity contribution >= 4 is 16.5 Å². The van der Waals surface area contributed by atoms with Gasteiger partial charge in [0.25, 0.3) is 0 Å². The zero-order valence-corrected chi connectivity index (χ0v) is 10.6. The van der Waals surface area contributed by atoms with Crippen LogP contribution in [0.25, 0.3) is 27.7 Å². The van der Waals surface area contributed by atoms with Crippen LogP contribution in [0.3, 0.4) is 0 Å². The van der Waals surface area contributed by atoms with Crippen molar-refractivity contribution in [3.63, 3.8) is 0 Å².